The number of hydrogen-bond acceptors (Lipinski definition) is 5. The quantitative estimate of drug-likeness (QED) is 0.590. The van der Waals surface area contributed by atoms with Crippen molar-refractivity contribution in [1.82, 2.24) is 20.2 Å². The van der Waals surface area contributed by atoms with Gasteiger partial charge >= 0.3 is 0 Å². The van der Waals surface area contributed by atoms with Crippen LogP contribution in [-0.4, -0.2) is 45.3 Å². The van der Waals surface area contributed by atoms with Crippen LogP contribution in [0, 0.1) is 5.82 Å². The number of hydrogen-bond donors (Lipinski definition) is 1. The molecule has 2 amide bonds. The van der Waals surface area contributed by atoms with Crippen molar-refractivity contribution in [1.29, 1.82) is 0 Å². The summed E-state index contributed by atoms with van der Waals surface area (Å²) < 4.78 is 19.8. The lowest BCUT2D eigenvalue weighted by Gasteiger charge is -2.37. The maximum absolute atomic E-state index is 14.0. The van der Waals surface area contributed by atoms with Crippen molar-refractivity contribution in [2.24, 2.45) is 0 Å². The number of nitrogens with zero attached hydrogens (tertiary/aromatic N) is 3. The Bertz CT molecular complexity index is 1170. The van der Waals surface area contributed by atoms with Crippen LogP contribution < -0.4 is 10.1 Å². The van der Waals surface area contributed by atoms with Gasteiger partial charge in [0.15, 0.2) is 0 Å². The summed E-state index contributed by atoms with van der Waals surface area (Å²) >= 11 is 0. The first-order valence-corrected chi connectivity index (χ1v) is 11.2. The number of likely N-dealkylation sites (tertiary alicyclic amines) is 1. The van der Waals surface area contributed by atoms with Crippen LogP contribution in [0.1, 0.15) is 48.7 Å². The molecule has 1 fully saturated rings. The van der Waals surface area contributed by atoms with E-state index in [2.05, 4.69) is 15.3 Å². The van der Waals surface area contributed by atoms with E-state index in [4.69, 9.17) is 4.74 Å². The molecule has 0 radical (unpaired) electrons. The van der Waals surface area contributed by atoms with Gasteiger partial charge in [-0.2, -0.15) is 0 Å². The van der Waals surface area contributed by atoms with Crippen LogP contribution >= 0.6 is 0 Å². The number of benzene rings is 2. The summed E-state index contributed by atoms with van der Waals surface area (Å²) in [5.41, 5.74) is -0.546. The van der Waals surface area contributed by atoms with Crippen molar-refractivity contribution < 1.29 is 18.7 Å². The van der Waals surface area contributed by atoms with Crippen LogP contribution in [0.4, 0.5) is 4.39 Å². The van der Waals surface area contributed by atoms with E-state index >= 15 is 0 Å². The van der Waals surface area contributed by atoms with Gasteiger partial charge in [-0.1, -0.05) is 30.3 Å². The van der Waals surface area contributed by atoms with Gasteiger partial charge in [-0.25, -0.2) is 9.37 Å². The fourth-order valence-electron chi connectivity index (χ4n) is 4.07. The molecule has 1 aliphatic heterocycles. The highest BCUT2D eigenvalue weighted by molar-refractivity contribution is 5.99. The van der Waals surface area contributed by atoms with Crippen LogP contribution in [0.25, 0.3) is 0 Å². The molecule has 4 rings (SSSR count). The lowest BCUT2D eigenvalue weighted by molar-refractivity contribution is -0.138. The highest BCUT2D eigenvalue weighted by Gasteiger charge is 2.37. The molecule has 3 aromatic rings. The second kappa shape index (κ2) is 9.99. The molecule has 2 heterocycles. The van der Waals surface area contributed by atoms with Gasteiger partial charge in [0.25, 0.3) is 5.91 Å². The Morgan fingerprint density at radius 3 is 2.59 bits per heavy atom. The molecule has 0 bridgehead atoms. The van der Waals surface area contributed by atoms with Crippen molar-refractivity contribution in [2.75, 3.05) is 13.1 Å². The van der Waals surface area contributed by atoms with Gasteiger partial charge in [-0.15, -0.1) is 0 Å². The van der Waals surface area contributed by atoms with Crippen molar-refractivity contribution >= 4 is 11.8 Å². The summed E-state index contributed by atoms with van der Waals surface area (Å²) in [4.78, 5) is 36.5. The van der Waals surface area contributed by atoms with Crippen LogP contribution in [0.3, 0.4) is 0 Å². The first kappa shape index (κ1) is 23.4. The SMILES string of the molecule is CC(C)(NC(=O)c1ccccc1F)C(=O)N1CCCC(c2cncc(Oc3ccccc3)n2)C1. The molecule has 2 aromatic carbocycles. The fraction of sp³-hybridized carbons (Fsp3) is 0.308. The molecule has 1 aliphatic rings. The summed E-state index contributed by atoms with van der Waals surface area (Å²) in [7, 11) is 0. The number of piperidine rings is 1. The number of amides is 2. The minimum atomic E-state index is -1.20. The topological polar surface area (TPSA) is 84.4 Å². The number of para-hydroxylation sites is 1. The molecule has 1 atom stereocenters. The minimum Gasteiger partial charge on any atom is -0.437 e. The van der Waals surface area contributed by atoms with Crippen LogP contribution in [-0.2, 0) is 4.79 Å². The third-order valence-corrected chi connectivity index (χ3v) is 5.80. The highest BCUT2D eigenvalue weighted by Crippen LogP contribution is 2.28. The number of aromatic nitrogens is 2. The molecule has 1 N–H and O–H groups in total. The van der Waals surface area contributed by atoms with E-state index in [0.29, 0.717) is 24.7 Å². The van der Waals surface area contributed by atoms with Crippen molar-refractivity contribution in [3.63, 3.8) is 0 Å². The predicted octanol–water partition coefficient (Wildman–Crippen LogP) is 4.32. The Morgan fingerprint density at radius 2 is 1.82 bits per heavy atom. The molecule has 0 saturated carbocycles. The van der Waals surface area contributed by atoms with E-state index < -0.39 is 17.3 Å². The first-order valence-electron chi connectivity index (χ1n) is 11.2. The van der Waals surface area contributed by atoms with E-state index in [0.717, 1.165) is 18.5 Å². The van der Waals surface area contributed by atoms with Gasteiger partial charge in [-0.05, 0) is 51.0 Å². The monoisotopic (exact) mass is 462 g/mol. The molecule has 0 aliphatic carbocycles. The Kier molecular flexibility index (Phi) is 6.86. The van der Waals surface area contributed by atoms with Crippen molar-refractivity contribution in [2.45, 2.75) is 38.1 Å². The Labute approximate surface area is 198 Å². The van der Waals surface area contributed by atoms with Crippen LogP contribution in [0.15, 0.2) is 67.0 Å². The molecule has 0 spiro atoms. The number of carbonyl (C=O) groups is 2. The van der Waals surface area contributed by atoms with Crippen LogP contribution in [0.2, 0.25) is 0 Å². The fourth-order valence-corrected chi connectivity index (χ4v) is 4.07. The smallest absolute Gasteiger partial charge is 0.255 e. The average Bonchev–Trinajstić information content (AvgIpc) is 2.84. The van der Waals surface area contributed by atoms with Gasteiger partial charge in [-0.3, -0.25) is 14.6 Å². The molecule has 176 valence electrons. The zero-order valence-corrected chi connectivity index (χ0v) is 19.2. The molecule has 34 heavy (non-hydrogen) atoms. The molecule has 1 saturated heterocycles. The van der Waals surface area contributed by atoms with E-state index in [1.807, 2.05) is 30.3 Å². The largest absolute Gasteiger partial charge is 0.437 e. The normalized spacial score (nSPS) is 16.1. The molecule has 1 aromatic heterocycles. The molecule has 1 unspecified atom stereocenters. The lowest BCUT2D eigenvalue weighted by Crippen LogP contribution is -2.57. The highest BCUT2D eigenvalue weighted by atomic mass is 19.1. The number of rotatable bonds is 6. The second-order valence-electron chi connectivity index (χ2n) is 8.85. The Hall–Kier alpha value is -3.81. The van der Waals surface area contributed by atoms with E-state index in [1.165, 1.54) is 18.2 Å². The maximum atomic E-state index is 14.0. The standard InChI is InChI=1S/C26H27FN4O3/c1-26(2,30-24(32)20-12-6-7-13-21(20)27)25(33)31-14-8-9-18(17-31)22-15-28-16-23(29-22)34-19-10-4-3-5-11-19/h3-7,10-13,15-16,18H,8-9,14,17H2,1-2H3,(H,30,32). The van der Waals surface area contributed by atoms with Gasteiger partial charge in [0.05, 0.1) is 17.5 Å². The van der Waals surface area contributed by atoms with E-state index in [-0.39, 0.29) is 17.4 Å². The minimum absolute atomic E-state index is 0.0115. The number of ether oxygens (including phenoxy) is 1. The lowest BCUT2D eigenvalue weighted by atomic mass is 9.92. The van der Waals surface area contributed by atoms with E-state index in [9.17, 15) is 14.0 Å². The molecular weight excluding hydrogens is 435 g/mol. The predicted molar refractivity (Wildman–Crippen MR) is 125 cm³/mol. The third kappa shape index (κ3) is 5.39. The molecule has 7 nitrogen and oxygen atoms in total. The Balaban J connectivity index is 1.44. The maximum Gasteiger partial charge on any atom is 0.255 e. The molecule has 8 heteroatoms. The van der Waals surface area contributed by atoms with E-state index in [1.54, 1.807) is 37.2 Å². The zero-order valence-electron chi connectivity index (χ0n) is 19.2. The Morgan fingerprint density at radius 1 is 1.09 bits per heavy atom. The third-order valence-electron chi connectivity index (χ3n) is 5.80. The first-order chi connectivity index (χ1) is 16.3. The number of halogens is 1. The number of carbonyl (C=O) groups excluding carboxylic acids is 2. The van der Waals surface area contributed by atoms with Crippen molar-refractivity contribution in [3.8, 4) is 11.6 Å². The summed E-state index contributed by atoms with van der Waals surface area (Å²) in [6.45, 7) is 4.28. The van der Waals surface area contributed by atoms with Gasteiger partial charge < -0.3 is 15.0 Å². The summed E-state index contributed by atoms with van der Waals surface area (Å²) in [5.74, 6) is -0.431. The average molecular weight is 463 g/mol. The second-order valence-corrected chi connectivity index (χ2v) is 8.85. The van der Waals surface area contributed by atoms with Gasteiger partial charge in [0.2, 0.25) is 11.8 Å². The molecular formula is C26H27FN4O3. The van der Waals surface area contributed by atoms with Crippen molar-refractivity contribution in [3.05, 3.63) is 84.1 Å². The summed E-state index contributed by atoms with van der Waals surface area (Å²) in [6, 6.07) is 15.1. The number of nitrogens with one attached hydrogen (secondary N) is 1. The van der Waals surface area contributed by atoms with Gasteiger partial charge in [0.1, 0.15) is 17.1 Å². The van der Waals surface area contributed by atoms with Gasteiger partial charge in [0, 0.05) is 25.2 Å². The summed E-state index contributed by atoms with van der Waals surface area (Å²) in [6.07, 6.45) is 4.90. The van der Waals surface area contributed by atoms with Crippen LogP contribution in [0.5, 0.6) is 11.6 Å². The zero-order chi connectivity index (χ0) is 24.1. The summed E-state index contributed by atoms with van der Waals surface area (Å²) in [5, 5.41) is 2.68.